The molecule has 7 heteroatoms. The third kappa shape index (κ3) is 2.29. The van der Waals surface area contributed by atoms with Crippen molar-refractivity contribution in [1.29, 1.82) is 0 Å². The second kappa shape index (κ2) is 4.94. The number of fused-ring (bicyclic) bond motifs is 1. The number of H-pyrrole nitrogens is 1. The molecule has 0 saturated heterocycles. The summed E-state index contributed by atoms with van der Waals surface area (Å²) in [5.74, 6) is 0. The van der Waals surface area contributed by atoms with Crippen LogP contribution in [0.15, 0.2) is 41.0 Å². The Bertz CT molecular complexity index is 708. The molecule has 3 aromatic rings. The summed E-state index contributed by atoms with van der Waals surface area (Å²) in [7, 11) is 0. The van der Waals surface area contributed by atoms with Gasteiger partial charge in [0.05, 0.1) is 6.33 Å². The van der Waals surface area contributed by atoms with Gasteiger partial charge in [-0.15, -0.1) is 0 Å². The average molecular weight is 272 g/mol. The van der Waals surface area contributed by atoms with Gasteiger partial charge < -0.3 is 10.7 Å². The van der Waals surface area contributed by atoms with Gasteiger partial charge in [0.15, 0.2) is 5.65 Å². The van der Waals surface area contributed by atoms with Crippen molar-refractivity contribution in [2.45, 2.75) is 23.0 Å². The number of aromatic nitrogens is 5. The predicted octanol–water partition coefficient (Wildman–Crippen LogP) is 1.92. The largest absolute Gasteiger partial charge is 0.341 e. The highest BCUT2D eigenvalue weighted by Crippen LogP contribution is 2.32. The summed E-state index contributed by atoms with van der Waals surface area (Å²) in [6.45, 7) is 1.94. The molecule has 19 heavy (non-hydrogen) atoms. The van der Waals surface area contributed by atoms with Crippen molar-refractivity contribution in [3.05, 3.63) is 36.5 Å². The van der Waals surface area contributed by atoms with Crippen molar-refractivity contribution >= 4 is 22.9 Å². The van der Waals surface area contributed by atoms with E-state index in [1.807, 2.05) is 19.1 Å². The van der Waals surface area contributed by atoms with Crippen molar-refractivity contribution in [1.82, 2.24) is 24.9 Å². The van der Waals surface area contributed by atoms with Crippen molar-refractivity contribution in [3.63, 3.8) is 0 Å². The topological polar surface area (TPSA) is 93.4 Å². The van der Waals surface area contributed by atoms with E-state index in [4.69, 9.17) is 5.73 Å². The average Bonchev–Trinajstić information content (AvgIpc) is 2.88. The highest BCUT2D eigenvalue weighted by Gasteiger charge is 2.13. The van der Waals surface area contributed by atoms with E-state index >= 15 is 0 Å². The molecular weight excluding hydrogens is 260 g/mol. The summed E-state index contributed by atoms with van der Waals surface area (Å²) in [5, 5.41) is 1.65. The molecule has 0 saturated carbocycles. The molecule has 0 aliphatic heterocycles. The van der Waals surface area contributed by atoms with Gasteiger partial charge in [-0.25, -0.2) is 19.9 Å². The summed E-state index contributed by atoms with van der Waals surface area (Å²) in [6, 6.07) is 3.79. The van der Waals surface area contributed by atoms with Crippen LogP contribution < -0.4 is 5.73 Å². The zero-order chi connectivity index (χ0) is 13.2. The molecule has 3 N–H and O–H groups in total. The minimum atomic E-state index is -0.0738. The van der Waals surface area contributed by atoms with Gasteiger partial charge in [-0.2, -0.15) is 0 Å². The monoisotopic (exact) mass is 272 g/mol. The lowest BCUT2D eigenvalue weighted by Crippen LogP contribution is -2.07. The maximum absolute atomic E-state index is 5.95. The highest BCUT2D eigenvalue weighted by atomic mass is 32.2. The molecule has 3 rings (SSSR count). The van der Waals surface area contributed by atoms with Crippen LogP contribution >= 0.6 is 11.8 Å². The van der Waals surface area contributed by atoms with Gasteiger partial charge in [-0.05, 0) is 24.8 Å². The maximum Gasteiger partial charge on any atom is 0.181 e. The fourth-order valence-corrected chi connectivity index (χ4v) is 2.77. The van der Waals surface area contributed by atoms with E-state index in [0.717, 1.165) is 21.1 Å². The first kappa shape index (κ1) is 12.1. The van der Waals surface area contributed by atoms with E-state index in [1.54, 1.807) is 12.5 Å². The molecule has 0 aromatic carbocycles. The van der Waals surface area contributed by atoms with Gasteiger partial charge in [-0.1, -0.05) is 6.07 Å². The second-order valence-electron chi connectivity index (χ2n) is 4.07. The molecule has 0 aliphatic carbocycles. The number of nitrogens with one attached hydrogen (secondary N) is 1. The van der Waals surface area contributed by atoms with Crippen molar-refractivity contribution < 1.29 is 0 Å². The van der Waals surface area contributed by atoms with Gasteiger partial charge in [0, 0.05) is 17.8 Å². The van der Waals surface area contributed by atoms with E-state index in [1.165, 1.54) is 18.1 Å². The lowest BCUT2D eigenvalue weighted by Gasteiger charge is -2.10. The first-order valence-electron chi connectivity index (χ1n) is 5.78. The van der Waals surface area contributed by atoms with Crippen LogP contribution in [0, 0.1) is 0 Å². The first-order chi connectivity index (χ1) is 9.25. The predicted molar refractivity (Wildman–Crippen MR) is 72.6 cm³/mol. The van der Waals surface area contributed by atoms with Crippen LogP contribution in [0.5, 0.6) is 0 Å². The van der Waals surface area contributed by atoms with Crippen LogP contribution in [-0.2, 0) is 0 Å². The number of nitrogens with zero attached hydrogens (tertiary/aromatic N) is 4. The smallest absolute Gasteiger partial charge is 0.181 e. The van der Waals surface area contributed by atoms with Crippen LogP contribution in [0.25, 0.3) is 11.2 Å². The highest BCUT2D eigenvalue weighted by molar-refractivity contribution is 7.99. The third-order valence-electron chi connectivity index (χ3n) is 2.67. The summed E-state index contributed by atoms with van der Waals surface area (Å²) in [6.07, 6.45) is 4.86. The number of hydrogen-bond donors (Lipinski definition) is 2. The van der Waals surface area contributed by atoms with E-state index in [-0.39, 0.29) is 6.04 Å². The zero-order valence-electron chi connectivity index (χ0n) is 10.2. The van der Waals surface area contributed by atoms with E-state index in [2.05, 4.69) is 24.9 Å². The number of nitrogens with two attached hydrogens (primary N) is 1. The first-order valence-corrected chi connectivity index (χ1v) is 6.60. The molecule has 0 bridgehead atoms. The molecule has 0 aliphatic rings. The Balaban J connectivity index is 2.04. The minimum Gasteiger partial charge on any atom is -0.341 e. The molecule has 1 unspecified atom stereocenters. The Labute approximate surface area is 113 Å². The van der Waals surface area contributed by atoms with Crippen molar-refractivity contribution in [2.24, 2.45) is 5.73 Å². The van der Waals surface area contributed by atoms with Crippen LogP contribution in [-0.4, -0.2) is 24.9 Å². The maximum atomic E-state index is 5.95. The molecule has 0 spiro atoms. The van der Waals surface area contributed by atoms with Gasteiger partial charge in [0.1, 0.15) is 21.9 Å². The van der Waals surface area contributed by atoms with Crippen LogP contribution in [0.4, 0.5) is 0 Å². The Hall–Kier alpha value is -1.99. The van der Waals surface area contributed by atoms with Gasteiger partial charge in [0.2, 0.25) is 0 Å². The number of hydrogen-bond acceptors (Lipinski definition) is 6. The fourth-order valence-electron chi connectivity index (χ4n) is 1.75. The normalized spacial score (nSPS) is 12.7. The second-order valence-corrected chi connectivity index (χ2v) is 5.05. The van der Waals surface area contributed by atoms with E-state index in [0.29, 0.717) is 5.65 Å². The summed E-state index contributed by atoms with van der Waals surface area (Å²) >= 11 is 1.46. The molecule has 0 amide bonds. The minimum absolute atomic E-state index is 0.0738. The van der Waals surface area contributed by atoms with Gasteiger partial charge in [-0.3, -0.25) is 0 Å². The Morgan fingerprint density at radius 2 is 2.11 bits per heavy atom. The molecule has 96 valence electrons. The van der Waals surface area contributed by atoms with Crippen LogP contribution in [0.3, 0.4) is 0 Å². The van der Waals surface area contributed by atoms with Crippen LogP contribution in [0.1, 0.15) is 18.5 Å². The molecule has 0 radical (unpaired) electrons. The summed E-state index contributed by atoms with van der Waals surface area (Å²) < 4.78 is 0. The number of pyridine rings is 1. The Kier molecular flexibility index (Phi) is 3.14. The SMILES string of the molecule is CC(N)c1cccnc1Sc1ncnc2nc[nH]c12. The van der Waals surface area contributed by atoms with Crippen molar-refractivity contribution in [3.8, 4) is 0 Å². The lowest BCUT2D eigenvalue weighted by atomic mass is 10.2. The summed E-state index contributed by atoms with van der Waals surface area (Å²) in [4.78, 5) is 19.9. The van der Waals surface area contributed by atoms with E-state index < -0.39 is 0 Å². The number of imidazole rings is 1. The molecule has 3 aromatic heterocycles. The van der Waals surface area contributed by atoms with Gasteiger partial charge in [0.25, 0.3) is 0 Å². The van der Waals surface area contributed by atoms with E-state index in [9.17, 15) is 0 Å². The quantitative estimate of drug-likeness (QED) is 0.707. The number of rotatable bonds is 3. The molecule has 6 nitrogen and oxygen atoms in total. The molecule has 3 heterocycles. The number of aromatic amines is 1. The zero-order valence-corrected chi connectivity index (χ0v) is 11.1. The van der Waals surface area contributed by atoms with Crippen molar-refractivity contribution in [2.75, 3.05) is 0 Å². The third-order valence-corrected chi connectivity index (χ3v) is 3.71. The molecule has 1 atom stereocenters. The lowest BCUT2D eigenvalue weighted by molar-refractivity contribution is 0.779. The Morgan fingerprint density at radius 1 is 1.21 bits per heavy atom. The summed E-state index contributed by atoms with van der Waals surface area (Å²) in [5.41, 5.74) is 8.42. The Morgan fingerprint density at radius 3 is 2.95 bits per heavy atom. The fraction of sp³-hybridized carbons (Fsp3) is 0.167. The van der Waals surface area contributed by atoms with Gasteiger partial charge >= 0.3 is 0 Å². The molecular formula is C12H12N6S. The molecule has 0 fully saturated rings. The standard InChI is InChI=1S/C12H12N6S/c1-7(13)8-3-2-4-14-11(8)19-12-9-10(16-5-15-9)17-6-18-12/h2-7H,13H2,1H3,(H,15,16,17,18). The van der Waals surface area contributed by atoms with Crippen LogP contribution in [0.2, 0.25) is 0 Å².